The lowest BCUT2D eigenvalue weighted by atomic mass is 10.1. The van der Waals surface area contributed by atoms with E-state index in [1.165, 1.54) is 0 Å². The van der Waals surface area contributed by atoms with E-state index in [1.54, 1.807) is 25.1 Å². The SMILES string of the molecule is CCC(C)NC(=O)c1ccc(CSc2nc3ccncc3n2Cc2cccc(OC)c2)cc1. The Bertz CT molecular complexity index is 1240. The van der Waals surface area contributed by atoms with E-state index in [0.29, 0.717) is 12.1 Å². The molecule has 2 aromatic carbocycles. The number of aromatic nitrogens is 3. The summed E-state index contributed by atoms with van der Waals surface area (Å²) < 4.78 is 7.57. The summed E-state index contributed by atoms with van der Waals surface area (Å²) in [5.41, 5.74) is 4.88. The first-order valence-electron chi connectivity index (χ1n) is 11.0. The Balaban J connectivity index is 1.52. The molecule has 1 unspecified atom stereocenters. The maximum atomic E-state index is 12.3. The molecule has 2 aromatic heterocycles. The van der Waals surface area contributed by atoms with Crippen LogP contribution in [0.5, 0.6) is 5.75 Å². The first-order chi connectivity index (χ1) is 16.1. The minimum absolute atomic E-state index is 0.0314. The van der Waals surface area contributed by atoms with E-state index in [2.05, 4.69) is 27.9 Å². The van der Waals surface area contributed by atoms with E-state index < -0.39 is 0 Å². The number of carbonyl (C=O) groups is 1. The highest BCUT2D eigenvalue weighted by atomic mass is 32.2. The second kappa shape index (κ2) is 10.5. The van der Waals surface area contributed by atoms with Gasteiger partial charge in [-0.05, 0) is 54.8 Å². The summed E-state index contributed by atoms with van der Waals surface area (Å²) in [7, 11) is 1.68. The van der Waals surface area contributed by atoms with E-state index in [9.17, 15) is 4.79 Å². The van der Waals surface area contributed by atoms with Gasteiger partial charge >= 0.3 is 0 Å². The van der Waals surface area contributed by atoms with Gasteiger partial charge in [-0.2, -0.15) is 0 Å². The molecule has 0 saturated carbocycles. The summed E-state index contributed by atoms with van der Waals surface area (Å²) in [6.07, 6.45) is 4.53. The summed E-state index contributed by atoms with van der Waals surface area (Å²) in [4.78, 5) is 21.5. The molecule has 1 N–H and O–H groups in total. The molecule has 1 amide bonds. The van der Waals surface area contributed by atoms with Gasteiger partial charge < -0.3 is 14.6 Å². The zero-order valence-corrected chi connectivity index (χ0v) is 19.9. The van der Waals surface area contributed by atoms with Crippen LogP contribution in [0.15, 0.2) is 72.1 Å². The van der Waals surface area contributed by atoms with Crippen LogP contribution >= 0.6 is 11.8 Å². The van der Waals surface area contributed by atoms with E-state index >= 15 is 0 Å². The average molecular weight is 461 g/mol. The molecule has 0 fully saturated rings. The highest BCUT2D eigenvalue weighted by Gasteiger charge is 2.13. The first-order valence-corrected chi connectivity index (χ1v) is 12.0. The smallest absolute Gasteiger partial charge is 0.251 e. The van der Waals surface area contributed by atoms with Crippen molar-refractivity contribution >= 4 is 28.7 Å². The van der Waals surface area contributed by atoms with Gasteiger partial charge in [-0.1, -0.05) is 43.0 Å². The van der Waals surface area contributed by atoms with Crippen molar-refractivity contribution in [1.29, 1.82) is 0 Å². The Morgan fingerprint density at radius 2 is 1.97 bits per heavy atom. The number of ether oxygens (including phenoxy) is 1. The van der Waals surface area contributed by atoms with Crippen LogP contribution in [0.25, 0.3) is 11.0 Å². The maximum Gasteiger partial charge on any atom is 0.251 e. The Morgan fingerprint density at radius 1 is 1.15 bits per heavy atom. The molecule has 4 aromatic rings. The van der Waals surface area contributed by atoms with Gasteiger partial charge in [0.25, 0.3) is 5.91 Å². The molecule has 0 bridgehead atoms. The van der Waals surface area contributed by atoms with Crippen LogP contribution < -0.4 is 10.1 Å². The van der Waals surface area contributed by atoms with Crippen molar-refractivity contribution in [1.82, 2.24) is 19.9 Å². The monoisotopic (exact) mass is 460 g/mol. The zero-order valence-electron chi connectivity index (χ0n) is 19.1. The fourth-order valence-electron chi connectivity index (χ4n) is 3.47. The summed E-state index contributed by atoms with van der Waals surface area (Å²) >= 11 is 1.68. The van der Waals surface area contributed by atoms with Crippen molar-refractivity contribution in [2.24, 2.45) is 0 Å². The fourth-order valence-corrected chi connectivity index (χ4v) is 4.44. The third-order valence-corrected chi connectivity index (χ3v) is 6.61. The standard InChI is InChI=1S/C26H28N4O2S/c1-4-18(2)28-25(31)21-10-8-19(9-11-21)17-33-26-29-23-12-13-27-15-24(23)30(26)16-20-6-5-7-22(14-20)32-3/h5-15,18H,4,16-17H2,1-3H3,(H,28,31). The fraction of sp³-hybridized carbons (Fsp3) is 0.269. The van der Waals surface area contributed by atoms with Gasteiger partial charge in [0.05, 0.1) is 30.9 Å². The number of methoxy groups -OCH3 is 1. The van der Waals surface area contributed by atoms with Gasteiger partial charge in [-0.15, -0.1) is 0 Å². The summed E-state index contributed by atoms with van der Waals surface area (Å²) in [5, 5.41) is 3.93. The van der Waals surface area contributed by atoms with Gasteiger partial charge in [0, 0.05) is 23.6 Å². The molecule has 33 heavy (non-hydrogen) atoms. The number of nitrogens with one attached hydrogen (secondary N) is 1. The van der Waals surface area contributed by atoms with Gasteiger partial charge in [0.1, 0.15) is 5.75 Å². The van der Waals surface area contributed by atoms with Crippen molar-refractivity contribution in [3.63, 3.8) is 0 Å². The molecule has 0 radical (unpaired) electrons. The molecule has 4 rings (SSSR count). The molecular weight excluding hydrogens is 432 g/mol. The number of fused-ring (bicyclic) bond motifs is 1. The first kappa shape index (κ1) is 22.9. The number of benzene rings is 2. The van der Waals surface area contributed by atoms with Gasteiger partial charge in [-0.25, -0.2) is 4.98 Å². The van der Waals surface area contributed by atoms with Crippen molar-refractivity contribution in [2.45, 2.75) is 43.8 Å². The van der Waals surface area contributed by atoms with E-state index in [-0.39, 0.29) is 11.9 Å². The van der Waals surface area contributed by atoms with Crippen molar-refractivity contribution in [3.8, 4) is 5.75 Å². The molecule has 2 heterocycles. The topological polar surface area (TPSA) is 69.0 Å². The molecule has 170 valence electrons. The molecule has 0 aliphatic rings. The lowest BCUT2D eigenvalue weighted by molar-refractivity contribution is 0.0939. The molecule has 0 spiro atoms. The van der Waals surface area contributed by atoms with Crippen molar-refractivity contribution in [3.05, 3.63) is 83.7 Å². The van der Waals surface area contributed by atoms with Gasteiger partial charge in [0.2, 0.25) is 0 Å². The van der Waals surface area contributed by atoms with Crippen molar-refractivity contribution < 1.29 is 9.53 Å². The Kier molecular flexibility index (Phi) is 7.29. The normalized spacial score (nSPS) is 12.0. The predicted octanol–water partition coefficient (Wildman–Crippen LogP) is 5.31. The molecule has 0 aliphatic heterocycles. The highest BCUT2D eigenvalue weighted by Crippen LogP contribution is 2.28. The second-order valence-corrected chi connectivity index (χ2v) is 8.91. The molecule has 0 saturated heterocycles. The number of nitrogens with zero attached hydrogens (tertiary/aromatic N) is 3. The van der Waals surface area contributed by atoms with Crippen LogP contribution in [0.3, 0.4) is 0 Å². The maximum absolute atomic E-state index is 12.3. The predicted molar refractivity (Wildman–Crippen MR) is 133 cm³/mol. The molecule has 0 aliphatic carbocycles. The number of rotatable bonds is 9. The Labute approximate surface area is 198 Å². The minimum atomic E-state index is -0.0314. The number of carbonyl (C=O) groups excluding carboxylic acids is 1. The summed E-state index contributed by atoms with van der Waals surface area (Å²) in [6, 6.07) is 18.0. The second-order valence-electron chi connectivity index (χ2n) is 7.96. The van der Waals surface area contributed by atoms with Crippen LogP contribution in [0, 0.1) is 0 Å². The number of amides is 1. The molecule has 6 nitrogen and oxygen atoms in total. The zero-order chi connectivity index (χ0) is 23.2. The lowest BCUT2D eigenvalue weighted by Crippen LogP contribution is -2.31. The van der Waals surface area contributed by atoms with Crippen LogP contribution in [0.4, 0.5) is 0 Å². The van der Waals surface area contributed by atoms with Crippen LogP contribution in [-0.4, -0.2) is 33.6 Å². The number of imidazole rings is 1. The largest absolute Gasteiger partial charge is 0.497 e. The van der Waals surface area contributed by atoms with Crippen LogP contribution in [-0.2, 0) is 12.3 Å². The summed E-state index contributed by atoms with van der Waals surface area (Å²) in [5.74, 6) is 1.56. The Hall–Kier alpha value is -3.32. The molecule has 1 atom stereocenters. The third kappa shape index (κ3) is 5.54. The number of hydrogen-bond donors (Lipinski definition) is 1. The average Bonchev–Trinajstić information content (AvgIpc) is 3.20. The number of pyridine rings is 1. The highest BCUT2D eigenvalue weighted by molar-refractivity contribution is 7.98. The van der Waals surface area contributed by atoms with Crippen LogP contribution in [0.1, 0.15) is 41.8 Å². The Morgan fingerprint density at radius 3 is 2.73 bits per heavy atom. The van der Waals surface area contributed by atoms with Gasteiger partial charge in [0.15, 0.2) is 5.16 Å². The lowest BCUT2D eigenvalue weighted by Gasteiger charge is -2.12. The molecule has 7 heteroatoms. The number of hydrogen-bond acceptors (Lipinski definition) is 5. The van der Waals surface area contributed by atoms with E-state index in [4.69, 9.17) is 9.72 Å². The van der Waals surface area contributed by atoms with E-state index in [1.807, 2.05) is 61.7 Å². The molecular formula is C26H28N4O2S. The quantitative estimate of drug-likeness (QED) is 0.343. The van der Waals surface area contributed by atoms with Gasteiger partial charge in [-0.3, -0.25) is 9.78 Å². The third-order valence-electron chi connectivity index (χ3n) is 5.56. The summed E-state index contributed by atoms with van der Waals surface area (Å²) in [6.45, 7) is 4.75. The van der Waals surface area contributed by atoms with E-state index in [0.717, 1.165) is 45.2 Å². The van der Waals surface area contributed by atoms with Crippen LogP contribution in [0.2, 0.25) is 0 Å². The minimum Gasteiger partial charge on any atom is -0.497 e. The number of thioether (sulfide) groups is 1. The van der Waals surface area contributed by atoms with Crippen molar-refractivity contribution in [2.75, 3.05) is 7.11 Å².